The van der Waals surface area contributed by atoms with E-state index in [-0.39, 0.29) is 5.41 Å². The van der Waals surface area contributed by atoms with Crippen LogP contribution in [0.25, 0.3) is 0 Å². The monoisotopic (exact) mass is 265 g/mol. The molecular weight excluding hydrogens is 242 g/mol. The van der Waals surface area contributed by atoms with Gasteiger partial charge in [0.25, 0.3) is 0 Å². The van der Waals surface area contributed by atoms with E-state index in [0.717, 1.165) is 18.6 Å². The van der Waals surface area contributed by atoms with Gasteiger partial charge >= 0.3 is 0 Å². The minimum atomic E-state index is 0.0732. The number of benzene rings is 1. The van der Waals surface area contributed by atoms with E-state index < -0.39 is 0 Å². The quantitative estimate of drug-likeness (QED) is 0.826. The summed E-state index contributed by atoms with van der Waals surface area (Å²) in [5, 5.41) is 0. The van der Waals surface area contributed by atoms with E-state index in [2.05, 4.69) is 39.0 Å². The Kier molecular flexibility index (Phi) is 5.15. The van der Waals surface area contributed by atoms with Crippen molar-refractivity contribution in [3.05, 3.63) is 29.3 Å². The molecule has 1 aromatic rings. The summed E-state index contributed by atoms with van der Waals surface area (Å²) in [7, 11) is 0. The van der Waals surface area contributed by atoms with E-state index in [0.29, 0.717) is 11.6 Å². The van der Waals surface area contributed by atoms with Gasteiger partial charge in [0.05, 0.1) is 11.6 Å². The molecule has 1 rings (SSSR count). The lowest BCUT2D eigenvalue weighted by Gasteiger charge is -2.23. The Morgan fingerprint density at radius 2 is 2.00 bits per heavy atom. The van der Waals surface area contributed by atoms with Crippen LogP contribution in [0.15, 0.2) is 18.2 Å². The highest BCUT2D eigenvalue weighted by atomic mass is 32.1. The van der Waals surface area contributed by atoms with Crippen LogP contribution in [0.5, 0.6) is 5.75 Å². The van der Waals surface area contributed by atoms with Crippen LogP contribution in [-0.2, 0) is 11.8 Å². The maximum atomic E-state index is 5.69. The summed E-state index contributed by atoms with van der Waals surface area (Å²) in [4.78, 5) is 0.571. The van der Waals surface area contributed by atoms with Crippen LogP contribution in [-0.4, -0.2) is 11.6 Å². The van der Waals surface area contributed by atoms with Gasteiger partial charge in [-0.1, -0.05) is 45.1 Å². The molecule has 0 saturated heterocycles. The lowest BCUT2D eigenvalue weighted by molar-refractivity contribution is 0.329. The molecule has 0 bridgehead atoms. The topological polar surface area (TPSA) is 35.2 Å². The number of aryl methyl sites for hydroxylation is 1. The molecule has 18 heavy (non-hydrogen) atoms. The molecule has 2 nitrogen and oxygen atoms in total. The molecule has 0 atom stereocenters. The Morgan fingerprint density at radius 3 is 2.50 bits per heavy atom. The van der Waals surface area contributed by atoms with Gasteiger partial charge in [-0.15, -0.1) is 0 Å². The largest absolute Gasteiger partial charge is 0.494 e. The molecule has 0 unspecified atom stereocenters. The molecule has 0 aliphatic rings. The predicted octanol–water partition coefficient (Wildman–Crippen LogP) is 3.60. The lowest BCUT2D eigenvalue weighted by Crippen LogP contribution is -2.14. The first-order valence-corrected chi connectivity index (χ1v) is 6.80. The van der Waals surface area contributed by atoms with Gasteiger partial charge in [-0.05, 0) is 36.0 Å². The normalized spacial score (nSPS) is 11.3. The average molecular weight is 265 g/mol. The van der Waals surface area contributed by atoms with Crippen LogP contribution >= 0.6 is 12.2 Å². The minimum Gasteiger partial charge on any atom is -0.494 e. The van der Waals surface area contributed by atoms with Crippen LogP contribution in [0.4, 0.5) is 0 Å². The van der Waals surface area contributed by atoms with Crippen LogP contribution < -0.4 is 10.5 Å². The van der Waals surface area contributed by atoms with Crippen molar-refractivity contribution in [3.8, 4) is 5.75 Å². The van der Waals surface area contributed by atoms with Gasteiger partial charge in [0, 0.05) is 6.42 Å². The smallest absolute Gasteiger partial charge is 0.123 e. The summed E-state index contributed by atoms with van der Waals surface area (Å²) < 4.78 is 5.69. The first-order valence-electron chi connectivity index (χ1n) is 6.39. The second kappa shape index (κ2) is 6.19. The minimum absolute atomic E-state index is 0.0732. The number of hydrogen-bond acceptors (Lipinski definition) is 2. The van der Waals surface area contributed by atoms with E-state index in [1.165, 1.54) is 11.1 Å². The molecule has 0 aliphatic heterocycles. The van der Waals surface area contributed by atoms with E-state index in [9.17, 15) is 0 Å². The van der Waals surface area contributed by atoms with E-state index >= 15 is 0 Å². The van der Waals surface area contributed by atoms with Crippen molar-refractivity contribution in [3.63, 3.8) is 0 Å². The van der Waals surface area contributed by atoms with Crippen molar-refractivity contribution >= 4 is 17.2 Å². The average Bonchev–Trinajstić information content (AvgIpc) is 2.26. The lowest BCUT2D eigenvalue weighted by atomic mass is 9.85. The maximum Gasteiger partial charge on any atom is 0.123 e. The SMILES string of the molecule is CCOc1ccc(CCC(N)=S)cc1C(C)(C)C. The van der Waals surface area contributed by atoms with Crippen molar-refractivity contribution in [1.29, 1.82) is 0 Å². The first-order chi connectivity index (χ1) is 8.34. The molecule has 0 saturated carbocycles. The van der Waals surface area contributed by atoms with Gasteiger partial charge in [0.2, 0.25) is 0 Å². The molecule has 0 aromatic heterocycles. The first kappa shape index (κ1) is 15.0. The molecule has 3 heteroatoms. The number of ether oxygens (including phenoxy) is 1. The zero-order chi connectivity index (χ0) is 13.8. The predicted molar refractivity (Wildman–Crippen MR) is 81.4 cm³/mol. The van der Waals surface area contributed by atoms with E-state index in [1.54, 1.807) is 0 Å². The number of thiocarbonyl (C=S) groups is 1. The maximum absolute atomic E-state index is 5.69. The van der Waals surface area contributed by atoms with Crippen LogP contribution in [0.2, 0.25) is 0 Å². The number of hydrogen-bond donors (Lipinski definition) is 1. The van der Waals surface area contributed by atoms with Crippen molar-refractivity contribution in [2.24, 2.45) is 5.73 Å². The summed E-state index contributed by atoms with van der Waals surface area (Å²) in [6.45, 7) is 9.29. The third kappa shape index (κ3) is 4.30. The molecule has 0 aliphatic carbocycles. The Hall–Kier alpha value is -1.09. The van der Waals surface area contributed by atoms with E-state index in [4.69, 9.17) is 22.7 Å². The fraction of sp³-hybridized carbons (Fsp3) is 0.533. The highest BCUT2D eigenvalue weighted by Gasteiger charge is 2.19. The summed E-state index contributed by atoms with van der Waals surface area (Å²) in [5.41, 5.74) is 8.12. The third-order valence-corrected chi connectivity index (χ3v) is 3.02. The molecule has 0 radical (unpaired) electrons. The molecule has 0 heterocycles. The second-order valence-corrected chi connectivity index (χ2v) is 6.00. The van der Waals surface area contributed by atoms with Gasteiger partial charge in [-0.3, -0.25) is 0 Å². The van der Waals surface area contributed by atoms with E-state index in [1.807, 2.05) is 6.92 Å². The standard InChI is InChI=1S/C15H23NOS/c1-5-17-13-8-6-11(7-9-14(16)18)10-12(13)15(2,3)4/h6,8,10H,5,7,9H2,1-4H3,(H2,16,18). The van der Waals surface area contributed by atoms with Gasteiger partial charge < -0.3 is 10.5 Å². The van der Waals surface area contributed by atoms with Crippen molar-refractivity contribution < 1.29 is 4.74 Å². The second-order valence-electron chi connectivity index (χ2n) is 5.48. The Labute approximate surface area is 116 Å². The molecule has 100 valence electrons. The molecule has 0 fully saturated rings. The molecule has 0 spiro atoms. The zero-order valence-corrected chi connectivity index (χ0v) is 12.6. The molecule has 2 N–H and O–H groups in total. The van der Waals surface area contributed by atoms with Gasteiger partial charge in [0.1, 0.15) is 5.75 Å². The van der Waals surface area contributed by atoms with Gasteiger partial charge in [-0.25, -0.2) is 0 Å². The van der Waals surface area contributed by atoms with Crippen molar-refractivity contribution in [2.75, 3.05) is 6.61 Å². The summed E-state index contributed by atoms with van der Waals surface area (Å²) in [6.07, 6.45) is 1.65. The van der Waals surface area contributed by atoms with Crippen LogP contribution in [0, 0.1) is 0 Å². The molecular formula is C15H23NOS. The fourth-order valence-electron chi connectivity index (χ4n) is 1.87. The summed E-state index contributed by atoms with van der Waals surface area (Å²) >= 11 is 4.92. The van der Waals surface area contributed by atoms with Crippen LogP contribution in [0.1, 0.15) is 45.2 Å². The van der Waals surface area contributed by atoms with Gasteiger partial charge in [0.15, 0.2) is 0 Å². The fourth-order valence-corrected chi connectivity index (χ4v) is 1.97. The van der Waals surface area contributed by atoms with Crippen LogP contribution in [0.3, 0.4) is 0 Å². The van der Waals surface area contributed by atoms with Crippen molar-refractivity contribution in [2.45, 2.75) is 46.0 Å². The molecule has 0 amide bonds. The van der Waals surface area contributed by atoms with Crippen molar-refractivity contribution in [1.82, 2.24) is 0 Å². The Morgan fingerprint density at radius 1 is 1.33 bits per heavy atom. The number of rotatable bonds is 5. The summed E-state index contributed by atoms with van der Waals surface area (Å²) in [6, 6.07) is 6.36. The highest BCUT2D eigenvalue weighted by molar-refractivity contribution is 7.80. The third-order valence-electron chi connectivity index (χ3n) is 2.81. The molecule has 1 aromatic carbocycles. The number of nitrogens with two attached hydrogens (primary N) is 1. The van der Waals surface area contributed by atoms with Gasteiger partial charge in [-0.2, -0.15) is 0 Å². The Bertz CT molecular complexity index is 421. The zero-order valence-electron chi connectivity index (χ0n) is 11.7. The highest BCUT2D eigenvalue weighted by Crippen LogP contribution is 2.32. The summed E-state index contributed by atoms with van der Waals surface area (Å²) in [5.74, 6) is 0.976. The Balaban J connectivity index is 3.01.